The molecule has 0 saturated heterocycles. The number of carbonyl (C=O) groups is 1. The van der Waals surface area contributed by atoms with E-state index in [0.717, 1.165) is 10.9 Å². The second-order valence-corrected chi connectivity index (χ2v) is 6.20. The molecule has 0 spiro atoms. The van der Waals surface area contributed by atoms with Crippen molar-refractivity contribution >= 4 is 16.7 Å². The first kappa shape index (κ1) is 17.2. The lowest BCUT2D eigenvalue weighted by molar-refractivity contribution is -0.141. The Hall–Kier alpha value is -2.65. The van der Waals surface area contributed by atoms with E-state index < -0.39 is 0 Å². The largest absolute Gasteiger partial charge is 0.469 e. The van der Waals surface area contributed by atoms with Crippen molar-refractivity contribution in [1.82, 2.24) is 5.32 Å². The molecule has 1 N–H and O–H groups in total. The van der Waals surface area contributed by atoms with Crippen LogP contribution in [0, 0.1) is 0 Å². The van der Waals surface area contributed by atoms with E-state index in [4.69, 9.17) is 4.74 Å². The molecule has 25 heavy (non-hydrogen) atoms. The minimum Gasteiger partial charge on any atom is -0.469 e. The standard InChI is InChI=1S/C22H23NO2/c1-16(17-9-4-3-5-10-17)23-21(15-22(24)25-2)20-14-8-12-18-11-6-7-13-19(18)20/h3-14,16,21,23H,15H2,1-2H3/t16-,21-/m1/s1. The third-order valence-electron chi connectivity index (χ3n) is 4.55. The van der Waals surface area contributed by atoms with Crippen LogP contribution in [0.2, 0.25) is 0 Å². The number of carbonyl (C=O) groups excluding carboxylic acids is 1. The van der Waals surface area contributed by atoms with Crippen LogP contribution in [-0.4, -0.2) is 13.1 Å². The normalized spacial score (nSPS) is 13.4. The average Bonchev–Trinajstić information content (AvgIpc) is 2.67. The molecule has 0 amide bonds. The van der Waals surface area contributed by atoms with E-state index in [1.54, 1.807) is 0 Å². The van der Waals surface area contributed by atoms with Gasteiger partial charge in [-0.15, -0.1) is 0 Å². The summed E-state index contributed by atoms with van der Waals surface area (Å²) >= 11 is 0. The molecule has 128 valence electrons. The summed E-state index contributed by atoms with van der Waals surface area (Å²) in [6.07, 6.45) is 0.293. The first-order valence-corrected chi connectivity index (χ1v) is 8.54. The van der Waals surface area contributed by atoms with Crippen LogP contribution in [0.15, 0.2) is 72.8 Å². The number of ether oxygens (including phenoxy) is 1. The van der Waals surface area contributed by atoms with E-state index in [1.807, 2.05) is 36.4 Å². The molecule has 0 aliphatic rings. The van der Waals surface area contributed by atoms with Gasteiger partial charge in [0.2, 0.25) is 0 Å². The number of rotatable bonds is 6. The zero-order chi connectivity index (χ0) is 17.6. The van der Waals surface area contributed by atoms with Crippen molar-refractivity contribution in [1.29, 1.82) is 0 Å². The van der Waals surface area contributed by atoms with E-state index in [9.17, 15) is 4.79 Å². The number of benzene rings is 3. The van der Waals surface area contributed by atoms with Gasteiger partial charge >= 0.3 is 5.97 Å². The molecule has 0 aromatic heterocycles. The van der Waals surface area contributed by atoms with E-state index in [0.29, 0.717) is 6.42 Å². The predicted octanol–water partition coefficient (Wildman–Crippen LogP) is 4.79. The maximum Gasteiger partial charge on any atom is 0.307 e. The summed E-state index contributed by atoms with van der Waals surface area (Å²) in [5, 5.41) is 5.94. The van der Waals surface area contributed by atoms with Crippen LogP contribution in [0.3, 0.4) is 0 Å². The molecule has 2 atom stereocenters. The molecular formula is C22H23NO2. The fourth-order valence-corrected chi connectivity index (χ4v) is 3.20. The smallest absolute Gasteiger partial charge is 0.307 e. The van der Waals surface area contributed by atoms with Crippen LogP contribution >= 0.6 is 0 Å². The van der Waals surface area contributed by atoms with Gasteiger partial charge in [-0.25, -0.2) is 0 Å². The zero-order valence-corrected chi connectivity index (χ0v) is 14.6. The van der Waals surface area contributed by atoms with Crippen LogP contribution < -0.4 is 5.32 Å². The fraction of sp³-hybridized carbons (Fsp3) is 0.227. The van der Waals surface area contributed by atoms with E-state index in [-0.39, 0.29) is 18.1 Å². The molecular weight excluding hydrogens is 310 g/mol. The lowest BCUT2D eigenvalue weighted by Gasteiger charge is -2.24. The van der Waals surface area contributed by atoms with E-state index >= 15 is 0 Å². The van der Waals surface area contributed by atoms with Gasteiger partial charge in [0.15, 0.2) is 0 Å². The van der Waals surface area contributed by atoms with Crippen molar-refractivity contribution in [2.45, 2.75) is 25.4 Å². The monoisotopic (exact) mass is 333 g/mol. The number of nitrogens with one attached hydrogen (secondary N) is 1. The molecule has 3 aromatic rings. The molecule has 0 fully saturated rings. The lowest BCUT2D eigenvalue weighted by atomic mass is 9.95. The molecule has 0 aliphatic heterocycles. The number of hydrogen-bond donors (Lipinski definition) is 1. The minimum atomic E-state index is -0.217. The average molecular weight is 333 g/mol. The van der Waals surface area contributed by atoms with Crippen LogP contribution in [0.4, 0.5) is 0 Å². The summed E-state index contributed by atoms with van der Waals surface area (Å²) in [7, 11) is 1.43. The van der Waals surface area contributed by atoms with Crippen LogP contribution in [-0.2, 0) is 9.53 Å². The number of esters is 1. The third-order valence-corrected chi connectivity index (χ3v) is 4.55. The molecule has 3 rings (SSSR count). The fourth-order valence-electron chi connectivity index (χ4n) is 3.20. The summed E-state index contributed by atoms with van der Waals surface area (Å²) in [5.41, 5.74) is 2.31. The Morgan fingerprint density at radius 2 is 1.64 bits per heavy atom. The molecule has 0 radical (unpaired) electrons. The first-order valence-electron chi connectivity index (χ1n) is 8.54. The number of methoxy groups -OCH3 is 1. The Balaban J connectivity index is 1.95. The van der Waals surface area contributed by atoms with E-state index in [2.05, 4.69) is 48.6 Å². The quantitative estimate of drug-likeness (QED) is 0.659. The SMILES string of the molecule is COC(=O)C[C@@H](N[C@H](C)c1ccccc1)c1cccc2ccccc12. The maximum absolute atomic E-state index is 12.0. The Bertz CT molecular complexity index is 840. The minimum absolute atomic E-state index is 0.117. The first-order chi connectivity index (χ1) is 12.2. The van der Waals surface area contributed by atoms with Crippen molar-refractivity contribution in [2.24, 2.45) is 0 Å². The molecule has 3 heteroatoms. The topological polar surface area (TPSA) is 38.3 Å². The number of fused-ring (bicyclic) bond motifs is 1. The highest BCUT2D eigenvalue weighted by molar-refractivity contribution is 5.86. The van der Waals surface area contributed by atoms with Gasteiger partial charge in [-0.05, 0) is 28.8 Å². The summed E-state index contributed by atoms with van der Waals surface area (Å²) in [6, 6.07) is 24.7. The van der Waals surface area contributed by atoms with Crippen LogP contribution in [0.25, 0.3) is 10.8 Å². The van der Waals surface area contributed by atoms with Gasteiger partial charge < -0.3 is 10.1 Å². The summed E-state index contributed by atoms with van der Waals surface area (Å²) in [4.78, 5) is 12.0. The Labute approximate surface area is 148 Å². The molecule has 3 nitrogen and oxygen atoms in total. The third kappa shape index (κ3) is 4.06. The molecule has 0 saturated carbocycles. The molecule has 0 unspecified atom stereocenters. The Morgan fingerprint density at radius 3 is 2.40 bits per heavy atom. The van der Waals surface area contributed by atoms with Crippen molar-refractivity contribution in [3.63, 3.8) is 0 Å². The summed E-state index contributed by atoms with van der Waals surface area (Å²) < 4.78 is 4.92. The van der Waals surface area contributed by atoms with Crippen LogP contribution in [0.5, 0.6) is 0 Å². The number of hydrogen-bond acceptors (Lipinski definition) is 3. The van der Waals surface area contributed by atoms with Crippen molar-refractivity contribution in [3.8, 4) is 0 Å². The molecule has 0 heterocycles. The van der Waals surface area contributed by atoms with Crippen LogP contribution in [0.1, 0.15) is 36.6 Å². The zero-order valence-electron chi connectivity index (χ0n) is 14.6. The Morgan fingerprint density at radius 1 is 0.960 bits per heavy atom. The van der Waals surface area contributed by atoms with Crippen molar-refractivity contribution < 1.29 is 9.53 Å². The maximum atomic E-state index is 12.0. The molecule has 3 aromatic carbocycles. The predicted molar refractivity (Wildman–Crippen MR) is 101 cm³/mol. The highest BCUT2D eigenvalue weighted by Gasteiger charge is 2.21. The van der Waals surface area contributed by atoms with Gasteiger partial charge in [-0.2, -0.15) is 0 Å². The van der Waals surface area contributed by atoms with Crippen molar-refractivity contribution in [3.05, 3.63) is 83.9 Å². The van der Waals surface area contributed by atoms with Gasteiger partial charge in [-0.1, -0.05) is 72.8 Å². The second kappa shape index (κ2) is 7.95. The van der Waals surface area contributed by atoms with Crippen molar-refractivity contribution in [2.75, 3.05) is 7.11 Å². The van der Waals surface area contributed by atoms with E-state index in [1.165, 1.54) is 18.1 Å². The Kier molecular flexibility index (Phi) is 5.46. The second-order valence-electron chi connectivity index (χ2n) is 6.20. The summed E-state index contributed by atoms with van der Waals surface area (Å²) in [6.45, 7) is 2.12. The van der Waals surface area contributed by atoms with Gasteiger partial charge in [0.05, 0.1) is 13.5 Å². The summed E-state index contributed by atoms with van der Waals surface area (Å²) in [5.74, 6) is -0.217. The lowest BCUT2D eigenvalue weighted by Crippen LogP contribution is -2.27. The van der Waals surface area contributed by atoms with Gasteiger partial charge in [0.25, 0.3) is 0 Å². The van der Waals surface area contributed by atoms with Gasteiger partial charge in [-0.3, -0.25) is 4.79 Å². The highest BCUT2D eigenvalue weighted by Crippen LogP contribution is 2.29. The molecule has 0 aliphatic carbocycles. The van der Waals surface area contributed by atoms with Gasteiger partial charge in [0, 0.05) is 12.1 Å². The highest BCUT2D eigenvalue weighted by atomic mass is 16.5. The molecule has 0 bridgehead atoms. The van der Waals surface area contributed by atoms with Gasteiger partial charge in [0.1, 0.15) is 0 Å².